The zero-order valence-electron chi connectivity index (χ0n) is 28.0. The summed E-state index contributed by atoms with van der Waals surface area (Å²) in [5.74, 6) is -0.874. The molecule has 49 heavy (non-hydrogen) atoms. The van der Waals surface area contributed by atoms with Crippen LogP contribution in [0.2, 0.25) is 5.02 Å². The Morgan fingerprint density at radius 1 is 1.08 bits per heavy atom. The van der Waals surface area contributed by atoms with Gasteiger partial charge in [-0.3, -0.25) is 4.79 Å². The summed E-state index contributed by atoms with van der Waals surface area (Å²) in [5.41, 5.74) is 3.25. The topological polar surface area (TPSA) is 148 Å². The first-order chi connectivity index (χ1) is 23.4. The van der Waals surface area contributed by atoms with Gasteiger partial charge < -0.3 is 24.0 Å². The lowest BCUT2D eigenvalue weighted by Crippen LogP contribution is -2.26. The summed E-state index contributed by atoms with van der Waals surface area (Å²) >= 11 is 6.61. The molecule has 0 amide bonds. The monoisotopic (exact) mass is 681 g/mol. The van der Waals surface area contributed by atoms with Crippen LogP contribution in [-0.2, 0) is 13.0 Å². The lowest BCUT2D eigenvalue weighted by Gasteiger charge is -2.22. The van der Waals surface area contributed by atoms with E-state index >= 15 is 0 Å². The van der Waals surface area contributed by atoms with Crippen LogP contribution in [0.3, 0.4) is 0 Å². The number of aromatic carboxylic acids is 1. The zero-order chi connectivity index (χ0) is 35.4. The van der Waals surface area contributed by atoms with Gasteiger partial charge in [0.25, 0.3) is 5.56 Å². The molecule has 1 N–H and O–H groups in total. The minimum Gasteiger partial charge on any atom is -0.497 e. The maximum absolute atomic E-state index is 14.0. The van der Waals surface area contributed by atoms with Crippen LogP contribution in [-0.4, -0.2) is 63.7 Å². The van der Waals surface area contributed by atoms with Crippen LogP contribution >= 0.6 is 11.6 Å². The Labute approximate surface area is 288 Å². The molecule has 5 rings (SSSR count). The fraction of sp³-hybridized carbons (Fsp3) is 0.278. The van der Waals surface area contributed by atoms with Crippen LogP contribution in [0.4, 0.5) is 5.95 Å². The number of aromatic nitrogens is 5. The number of nitrogens with zero attached hydrogens (tertiary/aromatic N) is 7. The molecule has 1 unspecified atom stereocenters. The molecule has 0 bridgehead atoms. The van der Waals surface area contributed by atoms with Crippen LogP contribution in [0.1, 0.15) is 69.7 Å². The Kier molecular flexibility index (Phi) is 10.3. The summed E-state index contributed by atoms with van der Waals surface area (Å²) in [6, 6.07) is 18.0. The molecule has 0 fully saturated rings. The molecular weight excluding hydrogens is 646 g/mol. The summed E-state index contributed by atoms with van der Waals surface area (Å²) in [5, 5.41) is 25.0. The largest absolute Gasteiger partial charge is 0.497 e. The smallest absolute Gasteiger partial charge is 0.356 e. The number of ether oxygens (including phenoxy) is 2. The molecule has 13 heteroatoms. The molecule has 0 aliphatic rings. The normalized spacial score (nSPS) is 11.7. The number of hydrogen-bond acceptors (Lipinski definition) is 9. The molecule has 2 aromatic carbocycles. The van der Waals surface area contributed by atoms with Crippen molar-refractivity contribution in [3.63, 3.8) is 0 Å². The number of carboxylic acids is 1. The summed E-state index contributed by atoms with van der Waals surface area (Å²) < 4.78 is 13.9. The molecule has 252 valence electrons. The molecule has 1 atom stereocenters. The SMILES string of the molecule is COc1ccc(Cn2cc(Cl)cc(CC(c3ccc(C#N)cc3)c3c(C(=O)O)nn(-c4cnc(N(C)C)nc4OC)c3C(C)C)c2=O)cc1. The van der Waals surface area contributed by atoms with Gasteiger partial charge in [0, 0.05) is 37.3 Å². The number of methoxy groups -OCH3 is 2. The molecule has 0 aliphatic heterocycles. The Morgan fingerprint density at radius 3 is 2.35 bits per heavy atom. The van der Waals surface area contributed by atoms with Crippen LogP contribution < -0.4 is 19.9 Å². The van der Waals surface area contributed by atoms with E-state index in [0.29, 0.717) is 50.4 Å². The van der Waals surface area contributed by atoms with E-state index in [9.17, 15) is 20.0 Å². The quantitative estimate of drug-likeness (QED) is 0.174. The Bertz CT molecular complexity index is 2080. The van der Waals surface area contributed by atoms with Crippen molar-refractivity contribution in [2.75, 3.05) is 33.2 Å². The van der Waals surface area contributed by atoms with Gasteiger partial charge in [-0.2, -0.15) is 15.3 Å². The van der Waals surface area contributed by atoms with E-state index in [1.165, 1.54) is 16.4 Å². The maximum atomic E-state index is 14.0. The molecule has 0 saturated heterocycles. The molecule has 0 aliphatic carbocycles. The highest BCUT2D eigenvalue weighted by Crippen LogP contribution is 2.39. The van der Waals surface area contributed by atoms with Gasteiger partial charge in [-0.05, 0) is 53.8 Å². The molecular formula is C36H36ClN7O5. The van der Waals surface area contributed by atoms with Crippen LogP contribution in [0, 0.1) is 11.3 Å². The van der Waals surface area contributed by atoms with Crippen molar-refractivity contribution >= 4 is 23.5 Å². The van der Waals surface area contributed by atoms with Crippen molar-refractivity contribution in [3.05, 3.63) is 122 Å². The van der Waals surface area contributed by atoms with Crippen LogP contribution in [0.5, 0.6) is 11.6 Å². The van der Waals surface area contributed by atoms with E-state index in [1.807, 2.05) is 38.1 Å². The molecule has 0 radical (unpaired) electrons. The lowest BCUT2D eigenvalue weighted by molar-refractivity contribution is 0.0688. The number of benzene rings is 2. The van der Waals surface area contributed by atoms with Crippen molar-refractivity contribution < 1.29 is 19.4 Å². The van der Waals surface area contributed by atoms with Crippen LogP contribution in [0.15, 0.2) is 71.8 Å². The Balaban J connectivity index is 1.72. The fourth-order valence-corrected chi connectivity index (χ4v) is 6.04. The Hall–Kier alpha value is -5.67. The summed E-state index contributed by atoms with van der Waals surface area (Å²) in [6.45, 7) is 4.12. The van der Waals surface area contributed by atoms with E-state index in [4.69, 9.17) is 21.1 Å². The maximum Gasteiger partial charge on any atom is 0.356 e. The third-order valence-electron chi connectivity index (χ3n) is 8.11. The van der Waals surface area contributed by atoms with E-state index in [2.05, 4.69) is 21.1 Å². The predicted molar refractivity (Wildman–Crippen MR) is 186 cm³/mol. The van der Waals surface area contributed by atoms with Crippen molar-refractivity contribution in [2.45, 2.75) is 38.6 Å². The molecule has 0 saturated carbocycles. The van der Waals surface area contributed by atoms with Gasteiger partial charge in [-0.25, -0.2) is 14.5 Å². The summed E-state index contributed by atoms with van der Waals surface area (Å²) in [4.78, 5) is 37.7. The first-order valence-electron chi connectivity index (χ1n) is 15.4. The van der Waals surface area contributed by atoms with E-state index in [1.54, 1.807) is 68.8 Å². The molecule has 0 spiro atoms. The second-order valence-corrected chi connectivity index (χ2v) is 12.4. The lowest BCUT2D eigenvalue weighted by atomic mass is 9.82. The highest BCUT2D eigenvalue weighted by Gasteiger charge is 2.33. The number of pyridine rings is 1. The van der Waals surface area contributed by atoms with Gasteiger partial charge in [-0.1, -0.05) is 49.7 Å². The standard InChI is InChI=1S/C36H36ClN7O5/c1-21(2)32-30(31(35(46)47)41-44(32)29-18-39-36(42(3)4)40-33(29)49-6)28(24-11-7-22(17-38)8-12-24)16-25-15-26(37)20-43(34(25)45)19-23-9-13-27(48-5)14-10-23/h7-15,18,20-21,28H,16,19H2,1-6H3,(H,46,47). The summed E-state index contributed by atoms with van der Waals surface area (Å²) in [7, 11) is 6.65. The number of hydrogen-bond donors (Lipinski definition) is 1. The highest BCUT2D eigenvalue weighted by atomic mass is 35.5. The molecule has 3 heterocycles. The fourth-order valence-electron chi connectivity index (χ4n) is 5.79. The highest BCUT2D eigenvalue weighted by molar-refractivity contribution is 6.30. The van der Waals surface area contributed by atoms with Gasteiger partial charge in [0.2, 0.25) is 11.8 Å². The second-order valence-electron chi connectivity index (χ2n) is 11.9. The van der Waals surface area contributed by atoms with Crippen molar-refractivity contribution in [1.82, 2.24) is 24.3 Å². The molecule has 5 aromatic rings. The third kappa shape index (κ3) is 7.27. The van der Waals surface area contributed by atoms with Crippen molar-refractivity contribution in [2.24, 2.45) is 0 Å². The van der Waals surface area contributed by atoms with Crippen LogP contribution in [0.25, 0.3) is 5.69 Å². The van der Waals surface area contributed by atoms with Gasteiger partial charge in [-0.15, -0.1) is 0 Å². The first-order valence-corrected chi connectivity index (χ1v) is 15.8. The average molecular weight is 682 g/mol. The number of rotatable bonds is 12. The minimum absolute atomic E-state index is 0.0901. The first kappa shape index (κ1) is 34.7. The number of halogens is 1. The van der Waals surface area contributed by atoms with Crippen molar-refractivity contribution in [1.29, 1.82) is 5.26 Å². The van der Waals surface area contributed by atoms with E-state index < -0.39 is 11.9 Å². The van der Waals surface area contributed by atoms with E-state index in [0.717, 1.165) is 5.56 Å². The zero-order valence-corrected chi connectivity index (χ0v) is 28.8. The van der Waals surface area contributed by atoms with Gasteiger partial charge in [0.05, 0.1) is 49.3 Å². The number of nitriles is 1. The average Bonchev–Trinajstić information content (AvgIpc) is 3.50. The molecule has 12 nitrogen and oxygen atoms in total. The Morgan fingerprint density at radius 2 is 1.78 bits per heavy atom. The van der Waals surface area contributed by atoms with E-state index in [-0.39, 0.29) is 36.0 Å². The van der Waals surface area contributed by atoms with Gasteiger partial charge in [0.1, 0.15) is 11.4 Å². The number of carbonyl (C=O) groups is 1. The van der Waals surface area contributed by atoms with Gasteiger partial charge in [0.15, 0.2) is 5.69 Å². The summed E-state index contributed by atoms with van der Waals surface area (Å²) in [6.07, 6.45) is 3.21. The number of anilines is 1. The van der Waals surface area contributed by atoms with Gasteiger partial charge >= 0.3 is 5.97 Å². The predicted octanol–water partition coefficient (Wildman–Crippen LogP) is 5.68. The third-order valence-corrected chi connectivity index (χ3v) is 8.31. The molecule has 3 aromatic heterocycles. The number of carboxylic acid groups (broad SMARTS) is 1. The minimum atomic E-state index is -1.25. The second kappa shape index (κ2) is 14.6. The van der Waals surface area contributed by atoms with Crippen molar-refractivity contribution in [3.8, 4) is 23.4 Å².